The summed E-state index contributed by atoms with van der Waals surface area (Å²) in [6.07, 6.45) is 1.59. The summed E-state index contributed by atoms with van der Waals surface area (Å²) in [7, 11) is 0. The molecule has 1 aliphatic heterocycles. The average molecular weight is 304 g/mol. The van der Waals surface area contributed by atoms with Crippen molar-refractivity contribution in [2.24, 2.45) is 5.73 Å². The lowest BCUT2D eigenvalue weighted by atomic mass is 9.78. The number of ether oxygens (including phenoxy) is 1. The number of piperidine rings is 1. The Bertz CT molecular complexity index is 493. The van der Waals surface area contributed by atoms with Crippen LogP contribution in [-0.2, 0) is 4.74 Å². The molecule has 4 nitrogen and oxygen atoms in total. The monoisotopic (exact) mass is 304 g/mol. The maximum absolute atomic E-state index is 12.3. The molecule has 0 spiro atoms. The van der Waals surface area contributed by atoms with Crippen LogP contribution in [-0.4, -0.2) is 41.1 Å². The molecular weight excluding hydrogens is 276 g/mol. The fraction of sp³-hybridized carbons (Fsp3) is 0.611. The molecule has 0 aliphatic carbocycles. The molecule has 122 valence electrons. The van der Waals surface area contributed by atoms with Gasteiger partial charge in [0.2, 0.25) is 0 Å². The second-order valence-electron chi connectivity index (χ2n) is 7.37. The lowest BCUT2D eigenvalue weighted by molar-refractivity contribution is -0.0853. The average Bonchev–Trinajstić information content (AvgIpc) is 2.43. The normalized spacial score (nSPS) is 21.5. The minimum absolute atomic E-state index is 0.0389. The molecule has 0 radical (unpaired) electrons. The third kappa shape index (κ3) is 3.68. The van der Waals surface area contributed by atoms with Gasteiger partial charge >= 0.3 is 5.97 Å². The van der Waals surface area contributed by atoms with E-state index >= 15 is 0 Å². The van der Waals surface area contributed by atoms with Gasteiger partial charge in [-0.1, -0.05) is 18.2 Å². The van der Waals surface area contributed by atoms with E-state index < -0.39 is 0 Å². The largest absolute Gasteiger partial charge is 0.459 e. The van der Waals surface area contributed by atoms with E-state index in [0.717, 1.165) is 19.4 Å². The molecule has 1 heterocycles. The summed E-state index contributed by atoms with van der Waals surface area (Å²) in [5, 5.41) is 0. The molecule has 0 bridgehead atoms. The topological polar surface area (TPSA) is 55.6 Å². The number of hydrogen-bond donors (Lipinski definition) is 1. The van der Waals surface area contributed by atoms with E-state index in [-0.39, 0.29) is 23.2 Å². The first kappa shape index (κ1) is 17.0. The number of rotatable bonds is 4. The van der Waals surface area contributed by atoms with E-state index in [1.54, 1.807) is 12.1 Å². The Balaban J connectivity index is 2.10. The van der Waals surface area contributed by atoms with Crippen molar-refractivity contribution in [2.45, 2.75) is 57.7 Å². The van der Waals surface area contributed by atoms with E-state index in [1.165, 1.54) is 0 Å². The second kappa shape index (κ2) is 6.39. The minimum Gasteiger partial charge on any atom is -0.459 e. The highest BCUT2D eigenvalue weighted by atomic mass is 16.5. The smallest absolute Gasteiger partial charge is 0.338 e. The van der Waals surface area contributed by atoms with Crippen LogP contribution in [0.3, 0.4) is 0 Å². The van der Waals surface area contributed by atoms with Crippen molar-refractivity contribution in [1.29, 1.82) is 0 Å². The number of esters is 1. The second-order valence-corrected chi connectivity index (χ2v) is 7.37. The molecule has 2 N–H and O–H groups in total. The molecule has 4 heteroatoms. The summed E-state index contributed by atoms with van der Waals surface area (Å²) in [5.41, 5.74) is 6.30. The molecule has 2 rings (SSSR count). The highest BCUT2D eigenvalue weighted by Gasteiger charge is 2.46. The highest BCUT2D eigenvalue weighted by molar-refractivity contribution is 5.89. The van der Waals surface area contributed by atoms with E-state index in [2.05, 4.69) is 32.6 Å². The number of likely N-dealkylation sites (tertiary alicyclic amines) is 1. The van der Waals surface area contributed by atoms with Gasteiger partial charge in [0.25, 0.3) is 0 Å². The van der Waals surface area contributed by atoms with Crippen molar-refractivity contribution in [3.63, 3.8) is 0 Å². The summed E-state index contributed by atoms with van der Waals surface area (Å²) in [5.74, 6) is -0.232. The number of nitrogens with two attached hydrogens (primary N) is 1. The molecule has 1 saturated heterocycles. The van der Waals surface area contributed by atoms with Gasteiger partial charge in [-0.2, -0.15) is 0 Å². The summed E-state index contributed by atoms with van der Waals surface area (Å²) < 4.78 is 5.78. The molecule has 0 unspecified atom stereocenters. The van der Waals surface area contributed by atoms with E-state index in [9.17, 15) is 4.79 Å². The van der Waals surface area contributed by atoms with Gasteiger partial charge in [-0.15, -0.1) is 0 Å². The van der Waals surface area contributed by atoms with Crippen molar-refractivity contribution in [1.82, 2.24) is 4.90 Å². The van der Waals surface area contributed by atoms with E-state index in [0.29, 0.717) is 12.1 Å². The zero-order valence-corrected chi connectivity index (χ0v) is 14.1. The Morgan fingerprint density at radius 2 is 1.73 bits per heavy atom. The maximum atomic E-state index is 12.3. The molecule has 1 fully saturated rings. The quantitative estimate of drug-likeness (QED) is 0.869. The summed E-state index contributed by atoms with van der Waals surface area (Å²) in [6, 6.07) is 9.20. The van der Waals surface area contributed by atoms with Crippen LogP contribution in [0.2, 0.25) is 0 Å². The summed E-state index contributed by atoms with van der Waals surface area (Å²) >= 11 is 0. The van der Waals surface area contributed by atoms with Crippen LogP contribution >= 0.6 is 0 Å². The Hall–Kier alpha value is -1.39. The molecule has 1 aromatic rings. The van der Waals surface area contributed by atoms with E-state index in [4.69, 9.17) is 10.5 Å². The van der Waals surface area contributed by atoms with Crippen molar-refractivity contribution >= 4 is 5.97 Å². The van der Waals surface area contributed by atoms with Crippen LogP contribution in [0.1, 0.15) is 50.9 Å². The van der Waals surface area contributed by atoms with Gasteiger partial charge in [0.15, 0.2) is 0 Å². The molecule has 0 saturated carbocycles. The highest BCUT2D eigenvalue weighted by Crippen LogP contribution is 2.39. The third-order valence-corrected chi connectivity index (χ3v) is 4.55. The number of carbonyl (C=O) groups excluding carboxylic acids is 1. The molecule has 22 heavy (non-hydrogen) atoms. The standard InChI is InChI=1S/C18H28N2O2/c1-17(2)12-15(13-18(3,4)20(17)11-10-19)22-16(21)14-8-6-5-7-9-14/h5-9,15H,10-13,19H2,1-4H3. The number of nitrogens with zero attached hydrogens (tertiary/aromatic N) is 1. The molecule has 0 atom stereocenters. The molecular formula is C18H28N2O2. The summed E-state index contributed by atoms with van der Waals surface area (Å²) in [4.78, 5) is 14.7. The SMILES string of the molecule is CC1(C)CC(OC(=O)c2ccccc2)CC(C)(C)N1CCN. The van der Waals surface area contributed by atoms with Gasteiger partial charge in [0, 0.05) is 37.0 Å². The van der Waals surface area contributed by atoms with Crippen LogP contribution in [0.5, 0.6) is 0 Å². The fourth-order valence-corrected chi connectivity index (χ4v) is 3.84. The van der Waals surface area contributed by atoms with Crippen LogP contribution < -0.4 is 5.73 Å². The Morgan fingerprint density at radius 1 is 1.18 bits per heavy atom. The Morgan fingerprint density at radius 3 is 2.23 bits per heavy atom. The minimum atomic E-state index is -0.232. The lowest BCUT2D eigenvalue weighted by Gasteiger charge is -2.54. The van der Waals surface area contributed by atoms with Gasteiger partial charge in [-0.3, -0.25) is 4.90 Å². The number of carbonyl (C=O) groups is 1. The van der Waals surface area contributed by atoms with Crippen LogP contribution in [0.25, 0.3) is 0 Å². The number of benzene rings is 1. The zero-order valence-electron chi connectivity index (χ0n) is 14.1. The Labute approximate surface area is 133 Å². The first-order chi connectivity index (χ1) is 10.3. The molecule has 0 aromatic heterocycles. The van der Waals surface area contributed by atoms with Gasteiger partial charge in [0.05, 0.1) is 5.56 Å². The zero-order chi connectivity index (χ0) is 16.4. The van der Waals surface area contributed by atoms with Gasteiger partial charge in [-0.05, 0) is 39.8 Å². The van der Waals surface area contributed by atoms with Crippen molar-refractivity contribution in [2.75, 3.05) is 13.1 Å². The van der Waals surface area contributed by atoms with Crippen LogP contribution in [0.15, 0.2) is 30.3 Å². The summed E-state index contributed by atoms with van der Waals surface area (Å²) in [6.45, 7) is 10.3. The van der Waals surface area contributed by atoms with Crippen LogP contribution in [0, 0.1) is 0 Å². The van der Waals surface area contributed by atoms with Crippen LogP contribution in [0.4, 0.5) is 0 Å². The van der Waals surface area contributed by atoms with Crippen molar-refractivity contribution in [3.05, 3.63) is 35.9 Å². The van der Waals surface area contributed by atoms with Crippen molar-refractivity contribution < 1.29 is 9.53 Å². The predicted octanol–water partition coefficient (Wildman–Crippen LogP) is 2.82. The molecule has 0 amide bonds. The first-order valence-electron chi connectivity index (χ1n) is 8.00. The fourth-order valence-electron chi connectivity index (χ4n) is 3.84. The lowest BCUT2D eigenvalue weighted by Crippen LogP contribution is -2.63. The third-order valence-electron chi connectivity index (χ3n) is 4.55. The first-order valence-corrected chi connectivity index (χ1v) is 8.00. The van der Waals surface area contributed by atoms with Gasteiger partial charge in [-0.25, -0.2) is 4.79 Å². The van der Waals surface area contributed by atoms with Gasteiger partial charge < -0.3 is 10.5 Å². The Kier molecular flexibility index (Phi) is 4.93. The predicted molar refractivity (Wildman–Crippen MR) is 88.8 cm³/mol. The molecule has 1 aromatic carbocycles. The maximum Gasteiger partial charge on any atom is 0.338 e. The number of hydrogen-bond acceptors (Lipinski definition) is 4. The van der Waals surface area contributed by atoms with Gasteiger partial charge in [0.1, 0.15) is 6.10 Å². The van der Waals surface area contributed by atoms with E-state index in [1.807, 2.05) is 18.2 Å². The molecule has 1 aliphatic rings. The van der Waals surface area contributed by atoms with Crippen molar-refractivity contribution in [3.8, 4) is 0 Å².